The van der Waals surface area contributed by atoms with Gasteiger partial charge in [0.25, 0.3) is 0 Å². The number of carbonyl (C=O) groups excluding carboxylic acids is 1. The molecule has 1 amide bonds. The number of nitrogens with zero attached hydrogens (tertiary/aromatic N) is 1. The average molecular weight is 291 g/mol. The molecule has 1 fully saturated rings. The van der Waals surface area contributed by atoms with Gasteiger partial charge in [-0.1, -0.05) is 0 Å². The van der Waals surface area contributed by atoms with E-state index in [0.717, 1.165) is 19.6 Å². The SMILES string of the molecule is CN(CCS(=O)(=O)CCC(N)=O)CC1CCCNC1. The van der Waals surface area contributed by atoms with Crippen molar-refractivity contribution in [1.82, 2.24) is 10.2 Å². The lowest BCUT2D eigenvalue weighted by Crippen LogP contribution is -2.38. The van der Waals surface area contributed by atoms with Crippen LogP contribution in [-0.4, -0.2) is 64.0 Å². The molecule has 0 saturated carbocycles. The van der Waals surface area contributed by atoms with Gasteiger partial charge in [0.1, 0.15) is 0 Å². The molecule has 0 aromatic heterocycles. The van der Waals surface area contributed by atoms with Crippen molar-refractivity contribution in [2.75, 3.05) is 44.7 Å². The van der Waals surface area contributed by atoms with Gasteiger partial charge in [0.05, 0.1) is 11.5 Å². The number of sulfone groups is 1. The smallest absolute Gasteiger partial charge is 0.218 e. The normalized spacial score (nSPS) is 20.6. The molecule has 112 valence electrons. The van der Waals surface area contributed by atoms with Crippen LogP contribution in [0.25, 0.3) is 0 Å². The number of amides is 1. The molecule has 0 aromatic rings. The van der Waals surface area contributed by atoms with Gasteiger partial charge in [-0.25, -0.2) is 8.42 Å². The molecular formula is C12H25N3O3S. The molecule has 1 rings (SSSR count). The summed E-state index contributed by atoms with van der Waals surface area (Å²) in [5.41, 5.74) is 4.96. The molecule has 1 aliphatic heterocycles. The maximum Gasteiger partial charge on any atom is 0.218 e. The zero-order valence-corrected chi connectivity index (χ0v) is 12.4. The van der Waals surface area contributed by atoms with Crippen molar-refractivity contribution in [2.45, 2.75) is 19.3 Å². The average Bonchev–Trinajstić information content (AvgIpc) is 2.36. The molecule has 0 aromatic carbocycles. The number of rotatable bonds is 8. The summed E-state index contributed by atoms with van der Waals surface area (Å²) >= 11 is 0. The Bertz CT molecular complexity index is 378. The summed E-state index contributed by atoms with van der Waals surface area (Å²) in [7, 11) is -1.23. The Morgan fingerprint density at radius 1 is 1.42 bits per heavy atom. The van der Waals surface area contributed by atoms with Crippen LogP contribution in [0.2, 0.25) is 0 Å². The van der Waals surface area contributed by atoms with Crippen LogP contribution in [0.1, 0.15) is 19.3 Å². The van der Waals surface area contributed by atoms with E-state index in [2.05, 4.69) is 10.2 Å². The van der Waals surface area contributed by atoms with E-state index in [1.165, 1.54) is 12.8 Å². The third-order valence-electron chi connectivity index (χ3n) is 3.41. The summed E-state index contributed by atoms with van der Waals surface area (Å²) in [5, 5.41) is 3.35. The molecule has 1 saturated heterocycles. The van der Waals surface area contributed by atoms with Crippen molar-refractivity contribution < 1.29 is 13.2 Å². The van der Waals surface area contributed by atoms with Crippen molar-refractivity contribution in [1.29, 1.82) is 0 Å². The molecule has 0 spiro atoms. The number of nitrogens with two attached hydrogens (primary N) is 1. The summed E-state index contributed by atoms with van der Waals surface area (Å²) < 4.78 is 23.4. The zero-order valence-electron chi connectivity index (χ0n) is 11.6. The van der Waals surface area contributed by atoms with Crippen molar-refractivity contribution in [3.05, 3.63) is 0 Å². The van der Waals surface area contributed by atoms with E-state index in [1.54, 1.807) is 0 Å². The van der Waals surface area contributed by atoms with E-state index in [1.807, 2.05) is 7.05 Å². The van der Waals surface area contributed by atoms with Gasteiger partial charge in [-0.3, -0.25) is 4.79 Å². The molecule has 19 heavy (non-hydrogen) atoms. The highest BCUT2D eigenvalue weighted by atomic mass is 32.2. The van der Waals surface area contributed by atoms with Crippen LogP contribution in [0.3, 0.4) is 0 Å². The minimum atomic E-state index is -3.17. The number of primary amides is 1. The molecule has 7 heteroatoms. The summed E-state index contributed by atoms with van der Waals surface area (Å²) in [6.07, 6.45) is 2.31. The molecule has 3 N–H and O–H groups in total. The number of carbonyl (C=O) groups is 1. The van der Waals surface area contributed by atoms with Gasteiger partial charge in [0, 0.05) is 19.5 Å². The molecule has 0 bridgehead atoms. The van der Waals surface area contributed by atoms with Gasteiger partial charge >= 0.3 is 0 Å². The third kappa shape index (κ3) is 7.49. The van der Waals surface area contributed by atoms with Crippen LogP contribution in [0.4, 0.5) is 0 Å². The summed E-state index contributed by atoms with van der Waals surface area (Å²) in [6, 6.07) is 0. The highest BCUT2D eigenvalue weighted by Gasteiger charge is 2.17. The first-order valence-electron chi connectivity index (χ1n) is 6.77. The number of piperidine rings is 1. The van der Waals surface area contributed by atoms with Gasteiger partial charge in [-0.05, 0) is 38.9 Å². The highest BCUT2D eigenvalue weighted by molar-refractivity contribution is 7.91. The van der Waals surface area contributed by atoms with Gasteiger partial charge in [-0.15, -0.1) is 0 Å². The Hall–Kier alpha value is -0.660. The van der Waals surface area contributed by atoms with Crippen molar-refractivity contribution >= 4 is 15.7 Å². The van der Waals surface area contributed by atoms with Gasteiger partial charge in [-0.2, -0.15) is 0 Å². The van der Waals surface area contributed by atoms with E-state index < -0.39 is 15.7 Å². The molecule has 1 unspecified atom stereocenters. The Labute approximate surface area is 115 Å². The zero-order chi connectivity index (χ0) is 14.3. The second-order valence-corrected chi connectivity index (χ2v) is 7.65. The minimum absolute atomic E-state index is 0.0847. The topological polar surface area (TPSA) is 92.5 Å². The van der Waals surface area contributed by atoms with Gasteiger partial charge in [0.15, 0.2) is 9.84 Å². The second kappa shape index (κ2) is 7.81. The van der Waals surface area contributed by atoms with E-state index in [0.29, 0.717) is 12.5 Å². The van der Waals surface area contributed by atoms with E-state index in [-0.39, 0.29) is 17.9 Å². The van der Waals surface area contributed by atoms with Crippen molar-refractivity contribution in [2.24, 2.45) is 11.7 Å². The Balaban J connectivity index is 2.24. The van der Waals surface area contributed by atoms with Crippen LogP contribution in [-0.2, 0) is 14.6 Å². The maximum atomic E-state index is 11.7. The Kier molecular flexibility index (Phi) is 6.74. The summed E-state index contributed by atoms with van der Waals surface area (Å²) in [5.74, 6) is -0.00441. The van der Waals surface area contributed by atoms with Crippen LogP contribution in [0, 0.1) is 5.92 Å². The highest BCUT2D eigenvalue weighted by Crippen LogP contribution is 2.10. The van der Waals surface area contributed by atoms with E-state index in [4.69, 9.17) is 5.73 Å². The summed E-state index contributed by atoms with van der Waals surface area (Å²) in [6.45, 7) is 3.52. The fourth-order valence-corrected chi connectivity index (χ4v) is 3.57. The lowest BCUT2D eigenvalue weighted by molar-refractivity contribution is -0.117. The fourth-order valence-electron chi connectivity index (χ4n) is 2.26. The Morgan fingerprint density at radius 3 is 2.74 bits per heavy atom. The lowest BCUT2D eigenvalue weighted by Gasteiger charge is -2.27. The van der Waals surface area contributed by atoms with Crippen LogP contribution >= 0.6 is 0 Å². The van der Waals surface area contributed by atoms with E-state index >= 15 is 0 Å². The predicted molar refractivity (Wildman–Crippen MR) is 75.6 cm³/mol. The minimum Gasteiger partial charge on any atom is -0.370 e. The monoisotopic (exact) mass is 291 g/mol. The van der Waals surface area contributed by atoms with E-state index in [9.17, 15) is 13.2 Å². The van der Waals surface area contributed by atoms with Gasteiger partial charge in [0.2, 0.25) is 5.91 Å². The largest absolute Gasteiger partial charge is 0.370 e. The molecule has 0 aliphatic carbocycles. The van der Waals surface area contributed by atoms with Crippen molar-refractivity contribution in [3.8, 4) is 0 Å². The summed E-state index contributed by atoms with van der Waals surface area (Å²) in [4.78, 5) is 12.6. The number of nitrogens with one attached hydrogen (secondary N) is 1. The maximum absolute atomic E-state index is 11.7. The van der Waals surface area contributed by atoms with Crippen LogP contribution < -0.4 is 11.1 Å². The Morgan fingerprint density at radius 2 is 2.16 bits per heavy atom. The first-order valence-corrected chi connectivity index (χ1v) is 8.59. The predicted octanol–water partition coefficient (Wildman–Crippen LogP) is -0.792. The number of hydrogen-bond donors (Lipinski definition) is 2. The molecule has 1 atom stereocenters. The van der Waals surface area contributed by atoms with Gasteiger partial charge < -0.3 is 16.0 Å². The molecule has 1 heterocycles. The van der Waals surface area contributed by atoms with Crippen LogP contribution in [0.5, 0.6) is 0 Å². The van der Waals surface area contributed by atoms with Crippen LogP contribution in [0.15, 0.2) is 0 Å². The molecule has 1 aliphatic rings. The first-order chi connectivity index (χ1) is 8.89. The lowest BCUT2D eigenvalue weighted by atomic mass is 9.99. The first kappa shape index (κ1) is 16.4. The molecule has 6 nitrogen and oxygen atoms in total. The fraction of sp³-hybridized carbons (Fsp3) is 0.917. The quantitative estimate of drug-likeness (QED) is 0.611. The molecule has 0 radical (unpaired) electrons. The van der Waals surface area contributed by atoms with Crippen molar-refractivity contribution in [3.63, 3.8) is 0 Å². The standard InChI is InChI=1S/C12H25N3O3S/c1-15(10-11-3-2-5-14-9-11)6-8-19(17,18)7-4-12(13)16/h11,14H,2-10H2,1H3,(H2,13,16). The number of hydrogen-bond acceptors (Lipinski definition) is 5. The third-order valence-corrected chi connectivity index (χ3v) is 5.04. The second-order valence-electron chi connectivity index (χ2n) is 5.34. The molecular weight excluding hydrogens is 266 g/mol.